The van der Waals surface area contributed by atoms with Crippen molar-refractivity contribution in [3.8, 4) is 22.4 Å². The number of hydrogen-bond donors (Lipinski definition) is 0. The molecule has 3 aromatic carbocycles. The summed E-state index contributed by atoms with van der Waals surface area (Å²) in [5, 5.41) is 0. The van der Waals surface area contributed by atoms with Crippen LogP contribution in [0.1, 0.15) is 86.5 Å². The van der Waals surface area contributed by atoms with E-state index in [9.17, 15) is 0 Å². The second-order valence-corrected chi connectivity index (χ2v) is 13.5. The number of nitrogens with zero attached hydrogens (tertiary/aromatic N) is 2. The third-order valence-electron chi connectivity index (χ3n) is 10.2. The van der Waals surface area contributed by atoms with E-state index in [1.54, 1.807) is 5.57 Å². The Morgan fingerprint density at radius 3 is 2.37 bits per heavy atom. The van der Waals surface area contributed by atoms with Crippen LogP contribution in [0.5, 0.6) is 0 Å². The number of hydrogen-bond acceptors (Lipinski definition) is 2. The van der Waals surface area contributed by atoms with Gasteiger partial charge in [0.05, 0.1) is 11.4 Å². The van der Waals surface area contributed by atoms with E-state index in [1.165, 1.54) is 45.4 Å². The number of allylic oxidation sites excluding steroid dienone is 12. The van der Waals surface area contributed by atoms with Gasteiger partial charge in [-0.05, 0) is 95.7 Å². The summed E-state index contributed by atoms with van der Waals surface area (Å²) in [5.74, 6) is 1.14. The van der Waals surface area contributed by atoms with E-state index in [1.807, 2.05) is 0 Å². The lowest BCUT2D eigenvalue weighted by Crippen LogP contribution is -2.17. The van der Waals surface area contributed by atoms with Crippen molar-refractivity contribution in [2.24, 2.45) is 0 Å². The molecule has 46 heavy (non-hydrogen) atoms. The first-order valence-corrected chi connectivity index (χ1v) is 16.9. The fourth-order valence-corrected chi connectivity index (χ4v) is 7.68. The van der Waals surface area contributed by atoms with Crippen LogP contribution in [0.2, 0.25) is 0 Å². The highest BCUT2D eigenvalue weighted by Gasteiger charge is 2.37. The van der Waals surface area contributed by atoms with Gasteiger partial charge in [-0.2, -0.15) is 0 Å². The van der Waals surface area contributed by atoms with Gasteiger partial charge in [0.15, 0.2) is 5.82 Å². The van der Waals surface area contributed by atoms with Crippen LogP contribution in [0, 0.1) is 0 Å². The Bertz CT molecular complexity index is 1990. The van der Waals surface area contributed by atoms with Crippen molar-refractivity contribution in [1.29, 1.82) is 0 Å². The summed E-state index contributed by atoms with van der Waals surface area (Å²) >= 11 is 0. The highest BCUT2D eigenvalue weighted by Crippen LogP contribution is 2.50. The third-order valence-corrected chi connectivity index (χ3v) is 10.2. The van der Waals surface area contributed by atoms with E-state index in [0.29, 0.717) is 5.92 Å². The van der Waals surface area contributed by atoms with Gasteiger partial charge >= 0.3 is 0 Å². The summed E-state index contributed by atoms with van der Waals surface area (Å²) in [7, 11) is 0. The Kier molecular flexibility index (Phi) is 7.37. The third kappa shape index (κ3) is 5.26. The molecule has 0 N–H and O–H groups in total. The SMILES string of the molecule is CC1(C)C2=C(C=CCC2)c2cc(-c3ccc(C4=CC(c5nc(-c6ccccc6)cc(C6C=CCCC6)n5)=CCC=C4)cc3)ccc21. The fraction of sp³-hybridized carbons (Fsp3) is 0.227. The van der Waals surface area contributed by atoms with Crippen molar-refractivity contribution in [2.45, 2.75) is 63.7 Å². The van der Waals surface area contributed by atoms with E-state index in [2.05, 4.69) is 141 Å². The van der Waals surface area contributed by atoms with Gasteiger partial charge in [-0.1, -0.05) is 129 Å². The molecule has 0 saturated heterocycles. The zero-order chi connectivity index (χ0) is 31.1. The topological polar surface area (TPSA) is 25.8 Å². The lowest BCUT2D eigenvalue weighted by molar-refractivity contribution is 0.607. The smallest absolute Gasteiger partial charge is 0.159 e. The van der Waals surface area contributed by atoms with E-state index < -0.39 is 0 Å². The zero-order valence-electron chi connectivity index (χ0n) is 26.8. The maximum Gasteiger partial charge on any atom is 0.159 e. The zero-order valence-corrected chi connectivity index (χ0v) is 26.8. The van der Waals surface area contributed by atoms with Crippen molar-refractivity contribution < 1.29 is 0 Å². The van der Waals surface area contributed by atoms with Crippen LogP contribution in [0.25, 0.3) is 39.1 Å². The van der Waals surface area contributed by atoms with Gasteiger partial charge in [0.25, 0.3) is 0 Å². The largest absolute Gasteiger partial charge is 0.232 e. The molecule has 4 aliphatic rings. The highest BCUT2D eigenvalue weighted by molar-refractivity contribution is 5.90. The highest BCUT2D eigenvalue weighted by atomic mass is 14.9. The summed E-state index contributed by atoms with van der Waals surface area (Å²) in [5.41, 5.74) is 15.2. The maximum atomic E-state index is 5.19. The van der Waals surface area contributed by atoms with Crippen LogP contribution in [0.4, 0.5) is 0 Å². The van der Waals surface area contributed by atoms with E-state index in [-0.39, 0.29) is 5.41 Å². The van der Waals surface area contributed by atoms with Gasteiger partial charge in [0.1, 0.15) is 0 Å². The Morgan fingerprint density at radius 1 is 0.717 bits per heavy atom. The number of fused-ring (bicyclic) bond motifs is 2. The minimum Gasteiger partial charge on any atom is -0.232 e. The summed E-state index contributed by atoms with van der Waals surface area (Å²) in [6, 6.07) is 28.8. The Labute approximate surface area is 273 Å². The fourth-order valence-electron chi connectivity index (χ4n) is 7.68. The average molecular weight is 597 g/mol. The number of benzene rings is 3. The average Bonchev–Trinajstić information content (AvgIpc) is 3.25. The summed E-state index contributed by atoms with van der Waals surface area (Å²) < 4.78 is 0. The molecule has 0 aliphatic heterocycles. The Balaban J connectivity index is 1.12. The van der Waals surface area contributed by atoms with Crippen molar-refractivity contribution in [3.05, 3.63) is 161 Å². The molecule has 0 saturated carbocycles. The summed E-state index contributed by atoms with van der Waals surface area (Å²) in [6.45, 7) is 4.77. The molecule has 2 nitrogen and oxygen atoms in total. The standard InChI is InChI=1S/C44H40N2/c1-44(2)39-20-12-11-19-37(39)38-28-35(25-26-40(38)44)31-23-21-30(22-24-31)34-17-9-10-18-36(27-34)43-45-41(32-13-5-3-6-14-32)29-42(46-43)33-15-7-4-8-16-33/h3,5-7,9,11,13-15,17-19,21-29,33H,4,8,10,12,16,20H2,1-2H3. The first kappa shape index (κ1) is 28.6. The van der Waals surface area contributed by atoms with Gasteiger partial charge in [-0.3, -0.25) is 0 Å². The molecule has 226 valence electrons. The van der Waals surface area contributed by atoms with Crippen LogP contribution >= 0.6 is 0 Å². The van der Waals surface area contributed by atoms with E-state index in [0.717, 1.165) is 60.5 Å². The Hall–Kier alpha value is -4.82. The van der Waals surface area contributed by atoms with Gasteiger partial charge in [0, 0.05) is 22.5 Å². The molecule has 0 radical (unpaired) electrons. The minimum atomic E-state index is 0.111. The number of aromatic nitrogens is 2. The van der Waals surface area contributed by atoms with Crippen LogP contribution in [0.15, 0.2) is 133 Å². The molecule has 0 amide bonds. The maximum absolute atomic E-state index is 5.19. The predicted octanol–water partition coefficient (Wildman–Crippen LogP) is 11.5. The second kappa shape index (κ2) is 11.8. The van der Waals surface area contributed by atoms with Crippen LogP contribution in [-0.4, -0.2) is 9.97 Å². The van der Waals surface area contributed by atoms with E-state index >= 15 is 0 Å². The van der Waals surface area contributed by atoms with Gasteiger partial charge < -0.3 is 0 Å². The normalized spacial score (nSPS) is 19.7. The molecule has 0 fully saturated rings. The van der Waals surface area contributed by atoms with Gasteiger partial charge in [0.2, 0.25) is 0 Å². The van der Waals surface area contributed by atoms with Crippen LogP contribution in [0.3, 0.4) is 0 Å². The predicted molar refractivity (Wildman–Crippen MR) is 193 cm³/mol. The van der Waals surface area contributed by atoms with Crippen molar-refractivity contribution in [3.63, 3.8) is 0 Å². The minimum absolute atomic E-state index is 0.111. The van der Waals surface area contributed by atoms with Crippen LogP contribution in [-0.2, 0) is 5.41 Å². The molecule has 2 heteroatoms. The van der Waals surface area contributed by atoms with Gasteiger partial charge in [-0.15, -0.1) is 0 Å². The van der Waals surface area contributed by atoms with Crippen molar-refractivity contribution in [1.82, 2.24) is 9.97 Å². The quantitative estimate of drug-likeness (QED) is 0.214. The van der Waals surface area contributed by atoms with Crippen molar-refractivity contribution >= 4 is 16.7 Å². The first-order valence-electron chi connectivity index (χ1n) is 16.9. The first-order chi connectivity index (χ1) is 22.5. The molecule has 1 atom stereocenters. The number of rotatable bonds is 5. The molecule has 1 heterocycles. The molecular formula is C44H40N2. The summed E-state index contributed by atoms with van der Waals surface area (Å²) in [6.07, 6.45) is 25.0. The lowest BCUT2D eigenvalue weighted by Gasteiger charge is -2.25. The van der Waals surface area contributed by atoms with E-state index in [4.69, 9.17) is 9.97 Å². The monoisotopic (exact) mass is 596 g/mol. The molecule has 1 aromatic heterocycles. The molecule has 0 spiro atoms. The molecular weight excluding hydrogens is 556 g/mol. The second-order valence-electron chi connectivity index (χ2n) is 13.5. The van der Waals surface area contributed by atoms with Gasteiger partial charge in [-0.25, -0.2) is 9.97 Å². The Morgan fingerprint density at radius 2 is 1.54 bits per heavy atom. The van der Waals surface area contributed by atoms with Crippen molar-refractivity contribution in [2.75, 3.05) is 0 Å². The molecule has 4 aromatic rings. The molecule has 1 unspecified atom stereocenters. The summed E-state index contributed by atoms with van der Waals surface area (Å²) in [4.78, 5) is 10.3. The molecule has 8 rings (SSSR count). The molecule has 0 bridgehead atoms. The van der Waals surface area contributed by atoms with Crippen LogP contribution < -0.4 is 0 Å². The lowest BCUT2D eigenvalue weighted by atomic mass is 9.78. The molecule has 4 aliphatic carbocycles.